The molecule has 13 heavy (non-hydrogen) atoms. The van der Waals surface area contributed by atoms with Gasteiger partial charge in [0, 0.05) is 11.6 Å². The maximum absolute atomic E-state index is 13.2. The monoisotopic (exact) mass is 200 g/mol. The molecule has 0 amide bonds. The Bertz CT molecular complexity index is 453. The van der Waals surface area contributed by atoms with Gasteiger partial charge in [-0.25, -0.2) is 8.78 Å². The van der Waals surface area contributed by atoms with Gasteiger partial charge in [-0.2, -0.15) is 8.75 Å². The summed E-state index contributed by atoms with van der Waals surface area (Å²) in [5, 5.41) is 0. The van der Waals surface area contributed by atoms with Crippen LogP contribution in [0.3, 0.4) is 0 Å². The third kappa shape index (κ3) is 1.19. The van der Waals surface area contributed by atoms with Crippen LogP contribution in [0.25, 0.3) is 11.0 Å². The van der Waals surface area contributed by atoms with Gasteiger partial charge in [-0.05, 0) is 6.42 Å². The van der Waals surface area contributed by atoms with Crippen LogP contribution < -0.4 is 0 Å². The predicted octanol–water partition coefficient (Wildman–Crippen LogP) is 2.53. The van der Waals surface area contributed by atoms with E-state index in [-0.39, 0.29) is 0 Å². The molecule has 0 unspecified atom stereocenters. The number of hydrogen-bond donors (Lipinski definition) is 0. The highest BCUT2D eigenvalue weighted by molar-refractivity contribution is 7.00. The lowest BCUT2D eigenvalue weighted by atomic mass is 10.1. The Morgan fingerprint density at radius 1 is 1.38 bits per heavy atom. The maximum Gasteiger partial charge on any atom is 0.164 e. The second kappa shape index (κ2) is 2.99. The van der Waals surface area contributed by atoms with E-state index in [2.05, 4.69) is 8.75 Å². The molecule has 0 saturated heterocycles. The van der Waals surface area contributed by atoms with Crippen LogP contribution in [0.5, 0.6) is 0 Å². The molecule has 0 aliphatic heterocycles. The molecule has 2 rings (SSSR count). The molecule has 2 nitrogen and oxygen atoms in total. The molecular weight excluding hydrogens is 194 g/mol. The van der Waals surface area contributed by atoms with Gasteiger partial charge >= 0.3 is 0 Å². The molecular formula is C8H6F2N2S. The third-order valence-electron chi connectivity index (χ3n) is 1.89. The van der Waals surface area contributed by atoms with Gasteiger partial charge in [0.1, 0.15) is 11.0 Å². The Kier molecular flexibility index (Phi) is 1.95. The average Bonchev–Trinajstić information content (AvgIpc) is 2.54. The summed E-state index contributed by atoms with van der Waals surface area (Å²) < 4.78 is 33.9. The summed E-state index contributed by atoms with van der Waals surface area (Å²) in [6, 6.07) is 1.08. The third-order valence-corrected chi connectivity index (χ3v) is 2.43. The highest BCUT2D eigenvalue weighted by atomic mass is 32.1. The van der Waals surface area contributed by atoms with Crippen molar-refractivity contribution in [1.29, 1.82) is 0 Å². The van der Waals surface area contributed by atoms with Crippen molar-refractivity contribution in [2.24, 2.45) is 0 Å². The minimum atomic E-state index is -0.850. The van der Waals surface area contributed by atoms with Gasteiger partial charge in [0.05, 0.1) is 11.7 Å². The standard InChI is InChI=1S/C8H6F2N2S/c1-2-4-7(10)5(9)3-6-8(4)12-13-11-6/h3H,2H2,1H3. The highest BCUT2D eigenvalue weighted by Gasteiger charge is 2.14. The van der Waals surface area contributed by atoms with Crippen molar-refractivity contribution >= 4 is 22.8 Å². The van der Waals surface area contributed by atoms with Gasteiger partial charge in [-0.3, -0.25) is 0 Å². The molecule has 0 saturated carbocycles. The molecule has 0 N–H and O–H groups in total. The quantitative estimate of drug-likeness (QED) is 0.706. The fraction of sp³-hybridized carbons (Fsp3) is 0.250. The first-order chi connectivity index (χ1) is 6.24. The number of benzene rings is 1. The number of fused-ring (bicyclic) bond motifs is 1. The Labute approximate surface area is 77.5 Å². The van der Waals surface area contributed by atoms with Gasteiger partial charge < -0.3 is 0 Å². The fourth-order valence-corrected chi connectivity index (χ4v) is 1.81. The molecule has 5 heteroatoms. The van der Waals surface area contributed by atoms with Crippen LogP contribution in [0, 0.1) is 11.6 Å². The van der Waals surface area contributed by atoms with E-state index in [1.165, 1.54) is 0 Å². The van der Waals surface area contributed by atoms with E-state index in [9.17, 15) is 8.78 Å². The van der Waals surface area contributed by atoms with Gasteiger partial charge in [-0.1, -0.05) is 6.92 Å². The fourth-order valence-electron chi connectivity index (χ4n) is 1.25. The van der Waals surface area contributed by atoms with Crippen molar-refractivity contribution in [1.82, 2.24) is 8.75 Å². The minimum absolute atomic E-state index is 0.309. The van der Waals surface area contributed by atoms with Gasteiger partial charge in [0.25, 0.3) is 0 Å². The molecule has 0 spiro atoms. The summed E-state index contributed by atoms with van der Waals surface area (Å²) >= 11 is 0.966. The Hall–Kier alpha value is -1.10. The van der Waals surface area contributed by atoms with Crippen LogP contribution in [0.2, 0.25) is 0 Å². The van der Waals surface area contributed by atoms with E-state index in [1.54, 1.807) is 6.92 Å². The number of aromatic nitrogens is 2. The normalized spacial score (nSPS) is 11.0. The number of aryl methyl sites for hydroxylation is 1. The molecule has 0 atom stereocenters. The molecule has 2 aromatic rings. The van der Waals surface area contributed by atoms with E-state index >= 15 is 0 Å². The summed E-state index contributed by atoms with van der Waals surface area (Å²) in [6.45, 7) is 1.76. The maximum atomic E-state index is 13.2. The first-order valence-electron chi connectivity index (χ1n) is 3.83. The van der Waals surface area contributed by atoms with Crippen LogP contribution in [0.15, 0.2) is 6.07 Å². The first-order valence-corrected chi connectivity index (χ1v) is 4.56. The minimum Gasteiger partial charge on any atom is -0.204 e. The second-order valence-electron chi connectivity index (χ2n) is 2.64. The molecule has 0 bridgehead atoms. The van der Waals surface area contributed by atoms with Crippen LogP contribution in [0.4, 0.5) is 8.78 Å². The van der Waals surface area contributed by atoms with Crippen molar-refractivity contribution in [3.8, 4) is 0 Å². The van der Waals surface area contributed by atoms with Gasteiger partial charge in [-0.15, -0.1) is 0 Å². The Balaban J connectivity index is 2.87. The first kappa shape index (κ1) is 8.50. The number of rotatable bonds is 1. The van der Waals surface area contributed by atoms with E-state index in [0.717, 1.165) is 17.8 Å². The molecule has 0 aliphatic rings. The van der Waals surface area contributed by atoms with Crippen molar-refractivity contribution in [2.75, 3.05) is 0 Å². The number of hydrogen-bond acceptors (Lipinski definition) is 3. The van der Waals surface area contributed by atoms with Crippen molar-refractivity contribution in [3.05, 3.63) is 23.3 Å². The molecule has 1 aromatic heterocycles. The number of nitrogens with zero attached hydrogens (tertiary/aromatic N) is 2. The molecule has 1 heterocycles. The Morgan fingerprint density at radius 2 is 2.15 bits per heavy atom. The molecule has 0 aliphatic carbocycles. The lowest BCUT2D eigenvalue weighted by molar-refractivity contribution is 0.502. The molecule has 68 valence electrons. The van der Waals surface area contributed by atoms with Crippen LogP contribution >= 0.6 is 11.7 Å². The van der Waals surface area contributed by atoms with Crippen LogP contribution in [0.1, 0.15) is 12.5 Å². The summed E-state index contributed by atoms with van der Waals surface area (Å²) in [7, 11) is 0. The molecule has 1 aromatic carbocycles. The summed E-state index contributed by atoms with van der Waals surface area (Å²) in [6.07, 6.45) is 0.422. The van der Waals surface area contributed by atoms with Crippen molar-refractivity contribution in [3.63, 3.8) is 0 Å². The zero-order chi connectivity index (χ0) is 9.42. The van der Waals surface area contributed by atoms with Crippen LogP contribution in [-0.2, 0) is 6.42 Å². The lowest BCUT2D eigenvalue weighted by Gasteiger charge is -2.00. The zero-order valence-corrected chi connectivity index (χ0v) is 7.66. The number of halogens is 2. The summed E-state index contributed by atoms with van der Waals surface area (Å²) in [4.78, 5) is 0. The van der Waals surface area contributed by atoms with E-state index in [1.807, 2.05) is 0 Å². The van der Waals surface area contributed by atoms with E-state index in [0.29, 0.717) is 23.0 Å². The summed E-state index contributed by atoms with van der Waals surface area (Å²) in [5.74, 6) is -1.65. The smallest absolute Gasteiger partial charge is 0.164 e. The van der Waals surface area contributed by atoms with Gasteiger partial charge in [0.2, 0.25) is 0 Å². The zero-order valence-electron chi connectivity index (χ0n) is 6.84. The topological polar surface area (TPSA) is 25.8 Å². The Morgan fingerprint density at radius 3 is 2.85 bits per heavy atom. The van der Waals surface area contributed by atoms with Crippen molar-refractivity contribution < 1.29 is 8.78 Å². The van der Waals surface area contributed by atoms with E-state index < -0.39 is 11.6 Å². The molecule has 0 fully saturated rings. The highest BCUT2D eigenvalue weighted by Crippen LogP contribution is 2.22. The van der Waals surface area contributed by atoms with Gasteiger partial charge in [0.15, 0.2) is 11.6 Å². The average molecular weight is 200 g/mol. The van der Waals surface area contributed by atoms with E-state index in [4.69, 9.17) is 0 Å². The lowest BCUT2D eigenvalue weighted by Crippen LogP contribution is -1.94. The van der Waals surface area contributed by atoms with Crippen LogP contribution in [-0.4, -0.2) is 8.75 Å². The predicted molar refractivity (Wildman–Crippen MR) is 46.7 cm³/mol. The van der Waals surface area contributed by atoms with Crippen molar-refractivity contribution in [2.45, 2.75) is 13.3 Å². The molecule has 0 radical (unpaired) electrons. The second-order valence-corrected chi connectivity index (χ2v) is 3.16. The SMILES string of the molecule is CCc1c(F)c(F)cc2nsnc12. The summed E-state index contributed by atoms with van der Waals surface area (Å²) in [5.41, 5.74) is 1.22. The largest absolute Gasteiger partial charge is 0.204 e.